The number of benzene rings is 2. The normalized spacial score (nSPS) is 17.2. The van der Waals surface area contributed by atoms with E-state index in [-0.39, 0.29) is 77.8 Å². The van der Waals surface area contributed by atoms with E-state index in [9.17, 15) is 47.9 Å². The Hall–Kier alpha value is -6.76. The van der Waals surface area contributed by atoms with Crippen LogP contribution in [-0.4, -0.2) is 93.0 Å². The van der Waals surface area contributed by atoms with E-state index >= 15 is 0 Å². The standard InChI is InChI=1S/C34H35N9O10/c1-2-5-22(29(48)37-16-44)42-31(50)18-6-3-8-20(27(18)33(42)52)38-24(45)12-10-17(35)14-41(36)15-26(47)39-21-9-4-7-19-28(21)34(53)43(32(19)51)23-11-13-25(46)40-30(23)49/h3-4,6-9,14,16,22-23H,2,5,10-13,15,35-36H2,1H3,(H,38,45)(H,39,47)(H,37,44,48)(H,40,46,49)/b17-14-. The Bertz CT molecular complexity index is 1990. The predicted molar refractivity (Wildman–Crippen MR) is 183 cm³/mol. The highest BCUT2D eigenvalue weighted by molar-refractivity contribution is 6.27. The molecular formula is C34H35N9O10. The smallest absolute Gasteiger partial charge is 0.264 e. The predicted octanol–water partition coefficient (Wildman–Crippen LogP) is -0.542. The van der Waals surface area contributed by atoms with Gasteiger partial charge in [-0.1, -0.05) is 25.5 Å². The zero-order chi connectivity index (χ0) is 38.6. The van der Waals surface area contributed by atoms with Gasteiger partial charge in [0.2, 0.25) is 35.9 Å². The van der Waals surface area contributed by atoms with Crippen molar-refractivity contribution in [2.24, 2.45) is 11.6 Å². The van der Waals surface area contributed by atoms with Gasteiger partial charge in [-0.05, 0) is 43.5 Å². The van der Waals surface area contributed by atoms with Crippen LogP contribution < -0.4 is 32.8 Å². The second-order valence-corrected chi connectivity index (χ2v) is 12.3. The number of fused-ring (bicyclic) bond motifs is 2. The van der Waals surface area contributed by atoms with Crippen molar-refractivity contribution in [3.05, 3.63) is 70.5 Å². The van der Waals surface area contributed by atoms with E-state index in [1.54, 1.807) is 6.92 Å². The average Bonchev–Trinajstić information content (AvgIpc) is 3.51. The number of hydrogen-bond donors (Lipinski definition) is 6. The fourth-order valence-electron chi connectivity index (χ4n) is 6.26. The fourth-order valence-corrected chi connectivity index (χ4v) is 6.26. The summed E-state index contributed by atoms with van der Waals surface area (Å²) in [5.74, 6) is -0.527. The number of allylic oxidation sites excluding steroid dienone is 1. The molecular weight excluding hydrogens is 694 g/mol. The van der Waals surface area contributed by atoms with E-state index in [0.717, 1.165) is 14.8 Å². The summed E-state index contributed by atoms with van der Waals surface area (Å²) in [6.07, 6.45) is 1.58. The lowest BCUT2D eigenvalue weighted by molar-refractivity contribution is -0.136. The molecule has 5 rings (SSSR count). The van der Waals surface area contributed by atoms with Crippen LogP contribution in [0.4, 0.5) is 11.4 Å². The molecule has 276 valence electrons. The van der Waals surface area contributed by atoms with Crippen molar-refractivity contribution in [1.29, 1.82) is 0 Å². The van der Waals surface area contributed by atoms with E-state index < -0.39 is 71.8 Å². The number of piperidine rings is 1. The van der Waals surface area contributed by atoms with Gasteiger partial charge in [-0.3, -0.25) is 68.4 Å². The van der Waals surface area contributed by atoms with Gasteiger partial charge < -0.3 is 21.4 Å². The molecule has 19 heteroatoms. The Labute approximate surface area is 301 Å². The average molecular weight is 730 g/mol. The van der Waals surface area contributed by atoms with Gasteiger partial charge in [0.05, 0.1) is 33.6 Å². The van der Waals surface area contributed by atoms with Crippen molar-refractivity contribution >= 4 is 70.9 Å². The number of amides is 10. The van der Waals surface area contributed by atoms with Gasteiger partial charge in [0, 0.05) is 24.7 Å². The Kier molecular flexibility index (Phi) is 11.1. The third-order valence-corrected chi connectivity index (χ3v) is 8.64. The van der Waals surface area contributed by atoms with Gasteiger partial charge in [-0.2, -0.15) is 0 Å². The van der Waals surface area contributed by atoms with Crippen LogP contribution >= 0.6 is 0 Å². The first kappa shape index (κ1) is 37.5. The van der Waals surface area contributed by atoms with Crippen LogP contribution in [0.25, 0.3) is 0 Å². The number of carbonyl (C=O) groups is 10. The lowest BCUT2D eigenvalue weighted by Gasteiger charge is -2.27. The molecule has 8 N–H and O–H groups in total. The zero-order valence-electron chi connectivity index (χ0n) is 28.3. The molecule has 2 atom stereocenters. The molecule has 2 aromatic rings. The first-order valence-corrected chi connectivity index (χ1v) is 16.4. The molecule has 0 spiro atoms. The lowest BCUT2D eigenvalue weighted by Crippen LogP contribution is -2.54. The highest BCUT2D eigenvalue weighted by Crippen LogP contribution is 2.33. The maximum absolute atomic E-state index is 13.4. The minimum absolute atomic E-state index is 0.00322. The van der Waals surface area contributed by atoms with Crippen LogP contribution in [0.5, 0.6) is 0 Å². The summed E-state index contributed by atoms with van der Waals surface area (Å²) in [5.41, 5.74) is 5.90. The van der Waals surface area contributed by atoms with Crippen molar-refractivity contribution in [1.82, 2.24) is 25.4 Å². The number of anilines is 2. The van der Waals surface area contributed by atoms with Gasteiger partial charge in [-0.25, -0.2) is 5.84 Å². The molecule has 1 fully saturated rings. The van der Waals surface area contributed by atoms with Crippen LogP contribution in [0.2, 0.25) is 0 Å². The van der Waals surface area contributed by atoms with Gasteiger partial charge >= 0.3 is 0 Å². The topological polar surface area (TPSA) is 281 Å². The highest BCUT2D eigenvalue weighted by atomic mass is 16.2. The van der Waals surface area contributed by atoms with Crippen molar-refractivity contribution in [2.45, 2.75) is 57.5 Å². The van der Waals surface area contributed by atoms with Crippen LogP contribution in [-0.2, 0) is 28.8 Å². The number of nitrogens with one attached hydrogen (secondary N) is 4. The number of rotatable bonds is 14. The lowest BCUT2D eigenvalue weighted by atomic mass is 10.0. The van der Waals surface area contributed by atoms with Gasteiger partial charge in [0.25, 0.3) is 23.6 Å². The third kappa shape index (κ3) is 7.64. The fraction of sp³-hybridized carbons (Fsp3) is 0.294. The molecule has 3 heterocycles. The third-order valence-electron chi connectivity index (χ3n) is 8.64. The summed E-state index contributed by atoms with van der Waals surface area (Å²) >= 11 is 0. The van der Waals surface area contributed by atoms with Gasteiger partial charge in [0.15, 0.2) is 0 Å². The number of hydrogen-bond acceptors (Lipinski definition) is 13. The number of imide groups is 4. The van der Waals surface area contributed by atoms with Crippen LogP contribution in [0.15, 0.2) is 48.3 Å². The molecule has 3 aliphatic heterocycles. The largest absolute Gasteiger partial charge is 0.401 e. The van der Waals surface area contributed by atoms with Gasteiger partial charge in [0.1, 0.15) is 18.6 Å². The SMILES string of the molecule is CCCC(C(=O)NC=O)N1C(=O)c2cccc(NC(=O)CC/C(N)=C/N(N)CC(=O)Nc3cccc4c3C(=O)N(C3CCC(=O)NC3=O)C4=O)c2C1=O. The number of nitrogens with two attached hydrogens (primary N) is 2. The van der Waals surface area contributed by atoms with Crippen molar-refractivity contribution in [3.63, 3.8) is 0 Å². The molecule has 10 amide bonds. The summed E-state index contributed by atoms with van der Waals surface area (Å²) in [4.78, 5) is 127. The van der Waals surface area contributed by atoms with Crippen molar-refractivity contribution < 1.29 is 47.9 Å². The molecule has 0 aromatic heterocycles. The second kappa shape index (κ2) is 15.6. The maximum Gasteiger partial charge on any atom is 0.264 e. The molecule has 53 heavy (non-hydrogen) atoms. The van der Waals surface area contributed by atoms with E-state index in [1.807, 2.05) is 5.32 Å². The monoisotopic (exact) mass is 729 g/mol. The molecule has 2 aromatic carbocycles. The molecule has 1 saturated heterocycles. The molecule has 0 radical (unpaired) electrons. The summed E-state index contributed by atoms with van der Waals surface area (Å²) in [5, 5.41) is 10.1. The molecule has 19 nitrogen and oxygen atoms in total. The molecule has 3 aliphatic rings. The van der Waals surface area contributed by atoms with Crippen LogP contribution in [0.1, 0.15) is 86.9 Å². The first-order chi connectivity index (χ1) is 25.3. The van der Waals surface area contributed by atoms with Gasteiger partial charge in [-0.15, -0.1) is 0 Å². The summed E-state index contributed by atoms with van der Waals surface area (Å²) in [6.45, 7) is 1.27. The van der Waals surface area contributed by atoms with E-state index in [0.29, 0.717) is 6.42 Å². The number of hydrazine groups is 1. The summed E-state index contributed by atoms with van der Waals surface area (Å²) < 4.78 is 0. The van der Waals surface area contributed by atoms with E-state index in [1.165, 1.54) is 42.6 Å². The van der Waals surface area contributed by atoms with Crippen molar-refractivity contribution in [3.8, 4) is 0 Å². The van der Waals surface area contributed by atoms with E-state index in [4.69, 9.17) is 11.6 Å². The number of nitrogens with zero attached hydrogens (tertiary/aromatic N) is 3. The quantitative estimate of drug-likeness (QED) is 0.0618. The minimum atomic E-state index is -1.23. The molecule has 0 bridgehead atoms. The first-order valence-electron chi connectivity index (χ1n) is 16.4. The summed E-state index contributed by atoms with van der Waals surface area (Å²) in [7, 11) is 0. The van der Waals surface area contributed by atoms with Crippen molar-refractivity contribution in [2.75, 3.05) is 17.2 Å². The van der Waals surface area contributed by atoms with Crippen LogP contribution in [0.3, 0.4) is 0 Å². The Balaban J connectivity index is 1.17. The molecule has 2 unspecified atom stereocenters. The Morgan fingerprint density at radius 2 is 1.53 bits per heavy atom. The maximum atomic E-state index is 13.4. The molecule has 0 saturated carbocycles. The highest BCUT2D eigenvalue weighted by Gasteiger charge is 2.46. The minimum Gasteiger partial charge on any atom is -0.401 e. The number of carbonyl (C=O) groups excluding carboxylic acids is 10. The van der Waals surface area contributed by atoms with E-state index in [2.05, 4.69) is 16.0 Å². The Morgan fingerprint density at radius 3 is 2.15 bits per heavy atom. The van der Waals surface area contributed by atoms with Crippen LogP contribution in [0, 0.1) is 0 Å². The second-order valence-electron chi connectivity index (χ2n) is 12.3. The summed E-state index contributed by atoms with van der Waals surface area (Å²) in [6, 6.07) is 6.07. The molecule has 0 aliphatic carbocycles. The zero-order valence-corrected chi connectivity index (χ0v) is 28.3. The Morgan fingerprint density at radius 1 is 0.906 bits per heavy atom.